The summed E-state index contributed by atoms with van der Waals surface area (Å²) >= 11 is 2.79. The van der Waals surface area contributed by atoms with E-state index in [0.717, 1.165) is 13.8 Å². The van der Waals surface area contributed by atoms with Crippen LogP contribution in [0.1, 0.15) is 24.2 Å². The number of nitrogens with one attached hydrogen (secondary N) is 1. The van der Waals surface area contributed by atoms with E-state index >= 15 is 0 Å². The first-order valence-corrected chi connectivity index (χ1v) is 13.6. The first-order valence-electron chi connectivity index (χ1n) is 10.4. The number of anilines is 1. The number of hydrogen-bond acceptors (Lipinski definition) is 9. The Morgan fingerprint density at radius 2 is 1.76 bits per heavy atom. The number of sulfonamides is 1. The Morgan fingerprint density at radius 3 is 2.33 bits per heavy atom. The molecule has 2 amide bonds. The standard InChI is InChI=1S/C20H28N6O4S3/c1-14(2)21-17(27)13-31-20-23-22-19(32-20)26-11-9-25(10-12-26)18(28)15-5-7-16(8-6-15)33(29,30)24(3)4/h5-8,14H,9-13H2,1-4H3,(H,21,27). The molecular weight excluding hydrogens is 484 g/mol. The van der Waals surface area contributed by atoms with Crippen LogP contribution in [0.4, 0.5) is 5.13 Å². The maximum Gasteiger partial charge on any atom is 0.253 e. The number of amides is 2. The smallest absolute Gasteiger partial charge is 0.253 e. The van der Waals surface area contributed by atoms with E-state index in [-0.39, 0.29) is 22.8 Å². The molecule has 2 heterocycles. The minimum absolute atomic E-state index is 0.0359. The monoisotopic (exact) mass is 512 g/mol. The largest absolute Gasteiger partial charge is 0.353 e. The average molecular weight is 513 g/mol. The number of hydrogen-bond donors (Lipinski definition) is 1. The molecule has 0 saturated carbocycles. The molecule has 1 aliphatic heterocycles. The predicted molar refractivity (Wildman–Crippen MR) is 129 cm³/mol. The Morgan fingerprint density at radius 1 is 1.12 bits per heavy atom. The average Bonchev–Trinajstić information content (AvgIpc) is 3.26. The van der Waals surface area contributed by atoms with Crippen molar-refractivity contribution in [2.45, 2.75) is 29.1 Å². The molecule has 180 valence electrons. The van der Waals surface area contributed by atoms with E-state index in [1.165, 1.54) is 49.3 Å². The Kier molecular flexibility index (Phi) is 8.32. The van der Waals surface area contributed by atoms with Gasteiger partial charge in [0.2, 0.25) is 21.1 Å². The molecule has 33 heavy (non-hydrogen) atoms. The second kappa shape index (κ2) is 10.8. The number of piperazine rings is 1. The van der Waals surface area contributed by atoms with E-state index in [2.05, 4.69) is 20.4 Å². The molecule has 10 nitrogen and oxygen atoms in total. The molecule has 0 atom stereocenters. The van der Waals surface area contributed by atoms with Crippen molar-refractivity contribution in [1.29, 1.82) is 0 Å². The highest BCUT2D eigenvalue weighted by molar-refractivity contribution is 8.01. The molecule has 1 fully saturated rings. The van der Waals surface area contributed by atoms with Crippen LogP contribution in [0, 0.1) is 0 Å². The molecule has 0 radical (unpaired) electrons. The number of aromatic nitrogens is 2. The number of rotatable bonds is 8. The lowest BCUT2D eigenvalue weighted by Crippen LogP contribution is -2.48. The summed E-state index contributed by atoms with van der Waals surface area (Å²) in [4.78, 5) is 28.6. The van der Waals surface area contributed by atoms with E-state index in [4.69, 9.17) is 0 Å². The summed E-state index contributed by atoms with van der Waals surface area (Å²) in [7, 11) is -0.590. The van der Waals surface area contributed by atoms with E-state index in [1.807, 2.05) is 13.8 Å². The van der Waals surface area contributed by atoms with Crippen molar-refractivity contribution >= 4 is 50.1 Å². The van der Waals surface area contributed by atoms with Gasteiger partial charge in [0.1, 0.15) is 0 Å². The van der Waals surface area contributed by atoms with Crippen molar-refractivity contribution in [1.82, 2.24) is 24.7 Å². The molecule has 1 aliphatic rings. The first kappa shape index (κ1) is 25.4. The van der Waals surface area contributed by atoms with Crippen molar-refractivity contribution in [3.63, 3.8) is 0 Å². The second-order valence-corrected chi connectivity index (χ2v) is 12.3. The van der Waals surface area contributed by atoms with Gasteiger partial charge in [-0.3, -0.25) is 9.59 Å². The topological polar surface area (TPSA) is 116 Å². The first-order chi connectivity index (χ1) is 15.6. The highest BCUT2D eigenvalue weighted by Gasteiger charge is 2.25. The molecule has 2 aromatic rings. The number of carbonyl (C=O) groups excluding carboxylic acids is 2. The lowest BCUT2D eigenvalue weighted by molar-refractivity contribution is -0.119. The summed E-state index contributed by atoms with van der Waals surface area (Å²) < 4.78 is 26.3. The Bertz CT molecular complexity index is 1080. The highest BCUT2D eigenvalue weighted by atomic mass is 32.2. The molecule has 0 spiro atoms. The van der Waals surface area contributed by atoms with Crippen molar-refractivity contribution in [2.24, 2.45) is 0 Å². The lowest BCUT2D eigenvalue weighted by atomic mass is 10.2. The highest BCUT2D eigenvalue weighted by Crippen LogP contribution is 2.28. The van der Waals surface area contributed by atoms with Gasteiger partial charge in [-0.2, -0.15) is 0 Å². The molecule has 3 rings (SSSR count). The fraction of sp³-hybridized carbons (Fsp3) is 0.500. The molecule has 1 N–H and O–H groups in total. The molecule has 0 aliphatic carbocycles. The summed E-state index contributed by atoms with van der Waals surface area (Å²) in [6, 6.07) is 6.12. The lowest BCUT2D eigenvalue weighted by Gasteiger charge is -2.34. The summed E-state index contributed by atoms with van der Waals surface area (Å²) in [5.74, 6) is 0.128. The molecule has 13 heteroatoms. The zero-order valence-corrected chi connectivity index (χ0v) is 21.5. The van der Waals surface area contributed by atoms with Gasteiger partial charge in [-0.1, -0.05) is 23.1 Å². The zero-order valence-electron chi connectivity index (χ0n) is 19.0. The third-order valence-electron chi connectivity index (χ3n) is 4.89. The van der Waals surface area contributed by atoms with Crippen LogP contribution in [0.25, 0.3) is 0 Å². The van der Waals surface area contributed by atoms with Crippen molar-refractivity contribution < 1.29 is 18.0 Å². The van der Waals surface area contributed by atoms with E-state index < -0.39 is 10.0 Å². The molecule has 0 bridgehead atoms. The van der Waals surface area contributed by atoms with Gasteiger partial charge in [-0.05, 0) is 38.1 Å². The minimum atomic E-state index is -3.53. The number of benzene rings is 1. The summed E-state index contributed by atoms with van der Waals surface area (Å²) in [6.07, 6.45) is 0. The van der Waals surface area contributed by atoms with Crippen LogP contribution in [-0.4, -0.2) is 91.7 Å². The maximum absolute atomic E-state index is 12.8. The Labute approximate surface area is 202 Å². The number of thioether (sulfide) groups is 1. The third-order valence-corrected chi connectivity index (χ3v) is 8.84. The Hall–Kier alpha value is -2.22. The maximum atomic E-state index is 12.8. The summed E-state index contributed by atoms with van der Waals surface area (Å²) in [5, 5.41) is 12.0. The third kappa shape index (κ3) is 6.43. The van der Waals surface area contributed by atoms with Gasteiger partial charge >= 0.3 is 0 Å². The fourth-order valence-corrected chi connectivity index (χ4v) is 5.75. The van der Waals surface area contributed by atoms with Gasteiger partial charge < -0.3 is 15.1 Å². The minimum Gasteiger partial charge on any atom is -0.353 e. The second-order valence-electron chi connectivity index (χ2n) is 7.95. The van der Waals surface area contributed by atoms with E-state index in [9.17, 15) is 18.0 Å². The zero-order chi connectivity index (χ0) is 24.2. The van der Waals surface area contributed by atoms with Crippen LogP contribution in [0.5, 0.6) is 0 Å². The van der Waals surface area contributed by atoms with Gasteiger partial charge in [-0.25, -0.2) is 12.7 Å². The molecule has 1 aromatic carbocycles. The SMILES string of the molecule is CC(C)NC(=O)CSc1nnc(N2CCN(C(=O)c3ccc(S(=O)(=O)N(C)C)cc3)CC2)s1. The van der Waals surface area contributed by atoms with Crippen LogP contribution in [0.2, 0.25) is 0 Å². The molecule has 0 unspecified atom stereocenters. The molecule has 1 aromatic heterocycles. The number of carbonyl (C=O) groups is 2. The fourth-order valence-electron chi connectivity index (χ4n) is 3.14. The van der Waals surface area contributed by atoms with E-state index in [0.29, 0.717) is 37.5 Å². The van der Waals surface area contributed by atoms with Gasteiger partial charge in [0.25, 0.3) is 5.91 Å². The summed E-state index contributed by atoms with van der Waals surface area (Å²) in [6.45, 7) is 6.12. The normalized spacial score (nSPS) is 14.7. The van der Waals surface area contributed by atoms with Crippen LogP contribution in [0.15, 0.2) is 33.5 Å². The van der Waals surface area contributed by atoms with Crippen LogP contribution in [-0.2, 0) is 14.8 Å². The van der Waals surface area contributed by atoms with Gasteiger partial charge in [0, 0.05) is 51.9 Å². The van der Waals surface area contributed by atoms with Crippen molar-refractivity contribution in [2.75, 3.05) is 50.9 Å². The van der Waals surface area contributed by atoms with Gasteiger partial charge in [0.15, 0.2) is 4.34 Å². The van der Waals surface area contributed by atoms with Crippen LogP contribution in [0.3, 0.4) is 0 Å². The van der Waals surface area contributed by atoms with Gasteiger partial charge in [0.05, 0.1) is 10.6 Å². The molecular formula is C20H28N6O4S3. The summed E-state index contributed by atoms with van der Waals surface area (Å²) in [5.41, 5.74) is 0.454. The number of nitrogens with zero attached hydrogens (tertiary/aromatic N) is 5. The van der Waals surface area contributed by atoms with Gasteiger partial charge in [-0.15, -0.1) is 10.2 Å². The predicted octanol–water partition coefficient (Wildman–Crippen LogP) is 1.37. The Balaban J connectivity index is 1.53. The van der Waals surface area contributed by atoms with E-state index in [1.54, 1.807) is 17.0 Å². The van der Waals surface area contributed by atoms with Crippen LogP contribution >= 0.6 is 23.1 Å². The van der Waals surface area contributed by atoms with Crippen molar-refractivity contribution in [3.8, 4) is 0 Å². The van der Waals surface area contributed by atoms with Crippen molar-refractivity contribution in [3.05, 3.63) is 29.8 Å². The molecule has 1 saturated heterocycles. The quantitative estimate of drug-likeness (QED) is 0.527. The van der Waals surface area contributed by atoms with Crippen LogP contribution < -0.4 is 10.2 Å².